The number of fused-ring (bicyclic) bond motifs is 1. The molecule has 0 aliphatic carbocycles. The number of aryl methyl sites for hydroxylation is 3. The molecule has 2 N–H and O–H groups in total. The topological polar surface area (TPSA) is 154 Å². The molecular formula is C17H18N6O6S. The summed E-state index contributed by atoms with van der Waals surface area (Å²) in [4.78, 5) is 35.4. The number of benzene rings is 1. The average molecular weight is 434 g/mol. The second-order valence-electron chi connectivity index (χ2n) is 6.08. The maximum absolute atomic E-state index is 13.0. The smallest absolute Gasteiger partial charge is 0.437 e. The number of carbonyl (C=O) groups excluding carboxylic acids is 2. The highest BCUT2D eigenvalue weighted by Crippen LogP contribution is 2.35. The predicted molar refractivity (Wildman–Crippen MR) is 105 cm³/mol. The molecule has 2 heterocycles. The van der Waals surface area contributed by atoms with Crippen molar-refractivity contribution >= 4 is 39.1 Å². The van der Waals surface area contributed by atoms with E-state index in [-0.39, 0.29) is 17.2 Å². The largest absolute Gasteiger partial charge is 0.514 e. The maximum atomic E-state index is 13.0. The zero-order valence-corrected chi connectivity index (χ0v) is 17.3. The second kappa shape index (κ2) is 7.94. The van der Waals surface area contributed by atoms with Gasteiger partial charge in [0, 0.05) is 12.4 Å². The van der Waals surface area contributed by atoms with Gasteiger partial charge in [-0.1, -0.05) is 18.2 Å². The molecule has 158 valence electrons. The minimum absolute atomic E-state index is 0.114. The number of urea groups is 1. The number of hydrogen-bond acceptors (Lipinski definition) is 9. The first-order chi connectivity index (χ1) is 14.1. The van der Waals surface area contributed by atoms with Crippen LogP contribution < -0.4 is 14.8 Å². The molecule has 0 radical (unpaired) electrons. The van der Waals surface area contributed by atoms with Crippen LogP contribution in [0.3, 0.4) is 0 Å². The van der Waals surface area contributed by atoms with E-state index in [1.807, 2.05) is 4.72 Å². The fourth-order valence-corrected chi connectivity index (χ4v) is 4.07. The summed E-state index contributed by atoms with van der Waals surface area (Å²) in [6.07, 6.45) is -1.11. The van der Waals surface area contributed by atoms with Crippen LogP contribution in [0.4, 0.5) is 15.5 Å². The lowest BCUT2D eigenvalue weighted by molar-refractivity contribution is 0.117. The van der Waals surface area contributed by atoms with Gasteiger partial charge in [0.05, 0.1) is 12.6 Å². The van der Waals surface area contributed by atoms with Gasteiger partial charge in [-0.15, -0.1) is 0 Å². The lowest BCUT2D eigenvalue weighted by Gasteiger charge is -2.10. The first-order valence-corrected chi connectivity index (χ1v) is 9.97. The summed E-state index contributed by atoms with van der Waals surface area (Å²) in [6, 6.07) is 5.35. The third kappa shape index (κ3) is 4.15. The molecule has 0 saturated heterocycles. The Balaban J connectivity index is 1.99. The van der Waals surface area contributed by atoms with E-state index in [1.54, 1.807) is 32.0 Å². The van der Waals surface area contributed by atoms with Crippen LogP contribution in [0.25, 0.3) is 10.9 Å². The lowest BCUT2D eigenvalue weighted by atomic mass is 10.2. The van der Waals surface area contributed by atoms with Crippen LogP contribution in [0.2, 0.25) is 0 Å². The highest BCUT2D eigenvalue weighted by atomic mass is 32.2. The Bertz CT molecular complexity index is 1230. The molecule has 2 aromatic heterocycles. The standard InChI is InChI=1S/C17H18N6O6S/c1-9-18-10(2)20-15(19-9)21-16(24)22-30(26,27)13-11-7-5-6-8-12(11)23(3)14(13)29-17(25)28-4/h5-8H,1-4H3,(H2,18,19,20,21,22,24). The number of methoxy groups -OCH3 is 1. The number of anilines is 1. The summed E-state index contributed by atoms with van der Waals surface area (Å²) in [5.41, 5.74) is 0.459. The summed E-state index contributed by atoms with van der Waals surface area (Å²) in [5, 5.41) is 2.49. The molecule has 0 spiro atoms. The lowest BCUT2D eigenvalue weighted by Crippen LogP contribution is -2.35. The zero-order valence-electron chi connectivity index (χ0n) is 16.5. The molecular weight excluding hydrogens is 416 g/mol. The van der Waals surface area contributed by atoms with Gasteiger partial charge in [-0.25, -0.2) is 27.7 Å². The fraction of sp³-hybridized carbons (Fsp3) is 0.235. The number of sulfonamides is 1. The highest BCUT2D eigenvalue weighted by molar-refractivity contribution is 7.90. The fourth-order valence-electron chi connectivity index (χ4n) is 2.80. The normalized spacial score (nSPS) is 11.2. The van der Waals surface area contributed by atoms with Crippen LogP contribution in [-0.2, 0) is 21.8 Å². The van der Waals surface area contributed by atoms with E-state index in [1.165, 1.54) is 17.7 Å². The molecule has 30 heavy (non-hydrogen) atoms. The Morgan fingerprint density at radius 3 is 2.33 bits per heavy atom. The molecule has 13 heteroatoms. The Morgan fingerprint density at radius 2 is 1.70 bits per heavy atom. The highest BCUT2D eigenvalue weighted by Gasteiger charge is 2.31. The zero-order chi connectivity index (χ0) is 22.1. The second-order valence-corrected chi connectivity index (χ2v) is 7.70. The molecule has 0 unspecified atom stereocenters. The summed E-state index contributed by atoms with van der Waals surface area (Å²) < 4.78 is 38.8. The van der Waals surface area contributed by atoms with Crippen molar-refractivity contribution in [1.82, 2.24) is 24.2 Å². The van der Waals surface area contributed by atoms with Gasteiger partial charge in [0.25, 0.3) is 10.0 Å². The summed E-state index contributed by atoms with van der Waals surface area (Å²) >= 11 is 0. The van der Waals surface area contributed by atoms with Gasteiger partial charge in [0.15, 0.2) is 4.90 Å². The molecule has 0 aliphatic rings. The third-order valence-corrected chi connectivity index (χ3v) is 5.32. The van der Waals surface area contributed by atoms with E-state index < -0.39 is 27.1 Å². The molecule has 0 bridgehead atoms. The van der Waals surface area contributed by atoms with Gasteiger partial charge in [-0.05, 0) is 19.9 Å². The molecule has 0 atom stereocenters. The summed E-state index contributed by atoms with van der Waals surface area (Å²) in [5.74, 6) is 0.277. The number of aromatic nitrogens is 4. The molecule has 1 aromatic carbocycles. The van der Waals surface area contributed by atoms with Gasteiger partial charge in [-0.2, -0.15) is 9.97 Å². The van der Waals surface area contributed by atoms with Crippen LogP contribution in [0.5, 0.6) is 5.88 Å². The Hall–Kier alpha value is -3.74. The number of rotatable bonds is 4. The Labute approximate surface area is 171 Å². The SMILES string of the molecule is COC(=O)Oc1c(S(=O)(=O)NC(=O)Nc2nc(C)nc(C)n2)c2ccccc2n1C. The molecule has 3 aromatic rings. The van der Waals surface area contributed by atoms with Crippen LogP contribution in [0.1, 0.15) is 11.6 Å². The Kier molecular flexibility index (Phi) is 5.56. The third-order valence-electron chi connectivity index (χ3n) is 3.94. The van der Waals surface area contributed by atoms with Crippen molar-refractivity contribution in [3.05, 3.63) is 35.9 Å². The van der Waals surface area contributed by atoms with Gasteiger partial charge in [0.2, 0.25) is 11.8 Å². The monoisotopic (exact) mass is 434 g/mol. The molecule has 2 amide bonds. The van der Waals surface area contributed by atoms with Gasteiger partial charge in [-0.3, -0.25) is 5.32 Å². The van der Waals surface area contributed by atoms with Gasteiger partial charge >= 0.3 is 12.2 Å². The minimum atomic E-state index is -4.48. The molecule has 0 aliphatic heterocycles. The number of para-hydroxylation sites is 1. The van der Waals surface area contributed by atoms with Crippen molar-refractivity contribution < 1.29 is 27.5 Å². The van der Waals surface area contributed by atoms with Gasteiger partial charge < -0.3 is 14.0 Å². The molecule has 0 fully saturated rings. The van der Waals surface area contributed by atoms with E-state index in [2.05, 4.69) is 25.0 Å². The minimum Gasteiger partial charge on any atom is -0.437 e. The number of hydrogen-bond donors (Lipinski definition) is 2. The average Bonchev–Trinajstić information content (AvgIpc) is 2.93. The quantitative estimate of drug-likeness (QED) is 0.583. The molecule has 0 saturated carbocycles. The van der Waals surface area contributed by atoms with Crippen molar-refractivity contribution in [3.63, 3.8) is 0 Å². The van der Waals surface area contributed by atoms with E-state index >= 15 is 0 Å². The van der Waals surface area contributed by atoms with Crippen molar-refractivity contribution in [2.24, 2.45) is 7.05 Å². The van der Waals surface area contributed by atoms with Crippen molar-refractivity contribution in [2.45, 2.75) is 18.7 Å². The van der Waals surface area contributed by atoms with Crippen molar-refractivity contribution in [1.29, 1.82) is 0 Å². The molecule has 12 nitrogen and oxygen atoms in total. The number of nitrogens with one attached hydrogen (secondary N) is 2. The Morgan fingerprint density at radius 1 is 1.07 bits per heavy atom. The number of carbonyl (C=O) groups is 2. The van der Waals surface area contributed by atoms with Crippen LogP contribution in [0, 0.1) is 13.8 Å². The number of ether oxygens (including phenoxy) is 2. The van der Waals surface area contributed by atoms with E-state index in [4.69, 9.17) is 4.74 Å². The number of nitrogens with zero attached hydrogens (tertiary/aromatic N) is 4. The molecule has 3 rings (SSSR count). The predicted octanol–water partition coefficient (Wildman–Crippen LogP) is 1.64. The first kappa shape index (κ1) is 21.0. The van der Waals surface area contributed by atoms with E-state index in [9.17, 15) is 18.0 Å². The van der Waals surface area contributed by atoms with Crippen LogP contribution in [-0.4, -0.2) is 47.2 Å². The first-order valence-electron chi connectivity index (χ1n) is 8.48. The van der Waals surface area contributed by atoms with E-state index in [0.29, 0.717) is 17.2 Å². The van der Waals surface area contributed by atoms with Crippen LogP contribution >= 0.6 is 0 Å². The van der Waals surface area contributed by atoms with Crippen molar-refractivity contribution in [2.75, 3.05) is 12.4 Å². The summed E-state index contributed by atoms with van der Waals surface area (Å²) in [6.45, 7) is 3.20. The van der Waals surface area contributed by atoms with Gasteiger partial charge in [0.1, 0.15) is 11.6 Å². The van der Waals surface area contributed by atoms with Crippen LogP contribution in [0.15, 0.2) is 29.2 Å². The van der Waals surface area contributed by atoms with E-state index in [0.717, 1.165) is 7.11 Å². The maximum Gasteiger partial charge on any atom is 0.514 e. The number of amides is 2. The van der Waals surface area contributed by atoms with Crippen molar-refractivity contribution in [3.8, 4) is 5.88 Å². The summed E-state index contributed by atoms with van der Waals surface area (Å²) in [7, 11) is -1.88.